The Morgan fingerprint density at radius 1 is 1.05 bits per heavy atom. The maximum absolute atomic E-state index is 5.24. The van der Waals surface area contributed by atoms with Crippen LogP contribution in [0.3, 0.4) is 0 Å². The first-order valence-electron chi connectivity index (χ1n) is 6.68. The summed E-state index contributed by atoms with van der Waals surface area (Å²) in [6.45, 7) is 5.68. The smallest absolute Gasteiger partial charge is 0.0716 e. The van der Waals surface area contributed by atoms with Gasteiger partial charge < -0.3 is 10.1 Å². The molecule has 2 aromatic rings. The van der Waals surface area contributed by atoms with Gasteiger partial charge in [0.25, 0.3) is 0 Å². The van der Waals surface area contributed by atoms with Gasteiger partial charge in [0.1, 0.15) is 0 Å². The van der Waals surface area contributed by atoms with Crippen LogP contribution < -0.4 is 5.32 Å². The zero-order chi connectivity index (χ0) is 14.5. The van der Waals surface area contributed by atoms with Gasteiger partial charge in [0.2, 0.25) is 0 Å². The summed E-state index contributed by atoms with van der Waals surface area (Å²) in [5, 5.41) is 3.49. The molecule has 0 atom stereocenters. The Morgan fingerprint density at radius 3 is 2.25 bits per heavy atom. The largest absolute Gasteiger partial charge is 0.381 e. The summed E-state index contributed by atoms with van der Waals surface area (Å²) in [4.78, 5) is 0. The normalized spacial score (nSPS) is 10.6. The molecule has 3 heteroatoms. The molecule has 0 saturated heterocycles. The van der Waals surface area contributed by atoms with Gasteiger partial charge in [-0.05, 0) is 48.2 Å². The van der Waals surface area contributed by atoms with E-state index in [1.807, 2.05) is 6.07 Å². The number of rotatable bonds is 5. The van der Waals surface area contributed by atoms with Crippen LogP contribution in [0.25, 0.3) is 0 Å². The molecule has 0 radical (unpaired) electrons. The van der Waals surface area contributed by atoms with E-state index < -0.39 is 0 Å². The summed E-state index contributed by atoms with van der Waals surface area (Å²) < 4.78 is 6.42. The molecule has 1 N–H and O–H groups in total. The topological polar surface area (TPSA) is 21.3 Å². The van der Waals surface area contributed by atoms with Crippen molar-refractivity contribution in [3.63, 3.8) is 0 Å². The summed E-state index contributed by atoms with van der Waals surface area (Å²) in [5.41, 5.74) is 6.14. The van der Waals surface area contributed by atoms with Gasteiger partial charge in [-0.25, -0.2) is 0 Å². The van der Waals surface area contributed by atoms with Crippen LogP contribution in [-0.4, -0.2) is 7.11 Å². The molecule has 20 heavy (non-hydrogen) atoms. The highest BCUT2D eigenvalue weighted by atomic mass is 79.9. The minimum atomic E-state index is 0.649. The summed E-state index contributed by atoms with van der Waals surface area (Å²) in [5.74, 6) is 0. The zero-order valence-electron chi connectivity index (χ0n) is 12.2. The van der Waals surface area contributed by atoms with Crippen LogP contribution in [0.2, 0.25) is 0 Å². The Labute approximate surface area is 129 Å². The first-order chi connectivity index (χ1) is 9.61. The van der Waals surface area contributed by atoms with Crippen molar-refractivity contribution in [2.45, 2.75) is 27.0 Å². The fourth-order valence-electron chi connectivity index (χ4n) is 2.27. The third kappa shape index (κ3) is 3.62. The van der Waals surface area contributed by atoms with Gasteiger partial charge in [0.05, 0.1) is 6.61 Å². The Hall–Kier alpha value is -1.32. The highest BCUT2D eigenvalue weighted by molar-refractivity contribution is 9.10. The van der Waals surface area contributed by atoms with Crippen molar-refractivity contribution in [2.75, 3.05) is 12.4 Å². The van der Waals surface area contributed by atoms with Crippen LogP contribution in [0, 0.1) is 13.8 Å². The van der Waals surface area contributed by atoms with E-state index >= 15 is 0 Å². The summed E-state index contributed by atoms with van der Waals surface area (Å²) in [6.07, 6.45) is 0. The first kappa shape index (κ1) is 15.1. The van der Waals surface area contributed by atoms with E-state index in [-0.39, 0.29) is 0 Å². The molecule has 0 amide bonds. The lowest BCUT2D eigenvalue weighted by atomic mass is 10.1. The Bertz CT molecular complexity index is 572. The number of aryl methyl sites for hydroxylation is 2. The van der Waals surface area contributed by atoms with E-state index in [0.29, 0.717) is 6.61 Å². The molecule has 0 spiro atoms. The molecular formula is C17H20BrNO. The van der Waals surface area contributed by atoms with Gasteiger partial charge >= 0.3 is 0 Å². The minimum Gasteiger partial charge on any atom is -0.381 e. The monoisotopic (exact) mass is 333 g/mol. The molecule has 2 rings (SSSR count). The summed E-state index contributed by atoms with van der Waals surface area (Å²) in [6, 6.07) is 12.7. The van der Waals surface area contributed by atoms with Crippen molar-refractivity contribution in [1.29, 1.82) is 0 Å². The van der Waals surface area contributed by atoms with Gasteiger partial charge in [-0.2, -0.15) is 0 Å². The van der Waals surface area contributed by atoms with E-state index in [4.69, 9.17) is 4.74 Å². The lowest BCUT2D eigenvalue weighted by molar-refractivity contribution is 0.184. The average Bonchev–Trinajstić information content (AvgIpc) is 2.44. The van der Waals surface area contributed by atoms with Crippen molar-refractivity contribution >= 4 is 21.6 Å². The number of methoxy groups -OCH3 is 1. The number of hydrogen-bond acceptors (Lipinski definition) is 2. The van der Waals surface area contributed by atoms with Crippen molar-refractivity contribution in [2.24, 2.45) is 0 Å². The van der Waals surface area contributed by atoms with Crippen molar-refractivity contribution in [1.82, 2.24) is 0 Å². The third-order valence-corrected chi connectivity index (χ3v) is 4.59. The first-order valence-corrected chi connectivity index (χ1v) is 7.47. The highest BCUT2D eigenvalue weighted by Gasteiger charge is 2.04. The quantitative estimate of drug-likeness (QED) is 0.846. The van der Waals surface area contributed by atoms with Crippen molar-refractivity contribution in [3.05, 3.63) is 63.1 Å². The Balaban J connectivity index is 2.13. The number of halogens is 1. The van der Waals surface area contributed by atoms with E-state index in [1.165, 1.54) is 26.7 Å². The van der Waals surface area contributed by atoms with Crippen molar-refractivity contribution < 1.29 is 4.74 Å². The number of nitrogens with one attached hydrogen (secondary N) is 1. The van der Waals surface area contributed by atoms with Gasteiger partial charge in [0, 0.05) is 23.8 Å². The lowest BCUT2D eigenvalue weighted by Crippen LogP contribution is -2.04. The number of ether oxygens (including phenoxy) is 1. The van der Waals surface area contributed by atoms with Gasteiger partial charge in [0.15, 0.2) is 0 Å². The second-order valence-electron chi connectivity index (χ2n) is 4.98. The standard InChI is InChI=1S/C17H20BrNO/c1-12-8-16(9-13(2)17(12)18)19-10-14-6-4-5-7-15(14)11-20-3/h4-9,19H,10-11H2,1-3H3. The minimum absolute atomic E-state index is 0.649. The molecule has 2 nitrogen and oxygen atoms in total. The summed E-state index contributed by atoms with van der Waals surface area (Å²) >= 11 is 3.60. The van der Waals surface area contributed by atoms with Crippen LogP contribution in [0.15, 0.2) is 40.9 Å². The van der Waals surface area contributed by atoms with E-state index in [2.05, 4.69) is 65.4 Å². The fraction of sp³-hybridized carbons (Fsp3) is 0.294. The van der Waals surface area contributed by atoms with Crippen LogP contribution in [0.5, 0.6) is 0 Å². The molecule has 0 aliphatic rings. The Morgan fingerprint density at radius 2 is 1.65 bits per heavy atom. The van der Waals surface area contributed by atoms with Crippen LogP contribution >= 0.6 is 15.9 Å². The maximum atomic E-state index is 5.24. The lowest BCUT2D eigenvalue weighted by Gasteiger charge is -2.13. The van der Waals surface area contributed by atoms with E-state index in [1.54, 1.807) is 7.11 Å². The van der Waals surface area contributed by atoms with Crippen LogP contribution in [0.1, 0.15) is 22.3 Å². The predicted molar refractivity (Wildman–Crippen MR) is 88.1 cm³/mol. The highest BCUT2D eigenvalue weighted by Crippen LogP contribution is 2.25. The number of benzene rings is 2. The predicted octanol–water partition coefficient (Wildman–Crippen LogP) is 4.82. The van der Waals surface area contributed by atoms with Crippen LogP contribution in [0.4, 0.5) is 5.69 Å². The maximum Gasteiger partial charge on any atom is 0.0716 e. The van der Waals surface area contributed by atoms with Crippen LogP contribution in [-0.2, 0) is 17.9 Å². The fourth-order valence-corrected chi connectivity index (χ4v) is 2.50. The molecule has 0 aliphatic carbocycles. The summed E-state index contributed by atoms with van der Waals surface area (Å²) in [7, 11) is 1.73. The molecular weight excluding hydrogens is 314 g/mol. The molecule has 0 aliphatic heterocycles. The van der Waals surface area contributed by atoms with Gasteiger partial charge in [-0.1, -0.05) is 40.2 Å². The van der Waals surface area contributed by atoms with Gasteiger partial charge in [-0.15, -0.1) is 0 Å². The average molecular weight is 334 g/mol. The second kappa shape index (κ2) is 6.91. The van der Waals surface area contributed by atoms with Crippen molar-refractivity contribution in [3.8, 4) is 0 Å². The molecule has 106 valence electrons. The SMILES string of the molecule is COCc1ccccc1CNc1cc(C)c(Br)c(C)c1. The molecule has 0 bridgehead atoms. The van der Waals surface area contributed by atoms with Gasteiger partial charge in [-0.3, -0.25) is 0 Å². The molecule has 0 saturated carbocycles. The molecule has 2 aromatic carbocycles. The molecule has 0 aromatic heterocycles. The third-order valence-electron chi connectivity index (χ3n) is 3.34. The van der Waals surface area contributed by atoms with E-state index in [0.717, 1.165) is 12.2 Å². The molecule has 0 fully saturated rings. The number of hydrogen-bond donors (Lipinski definition) is 1. The number of anilines is 1. The molecule has 0 unspecified atom stereocenters. The molecule has 0 heterocycles. The zero-order valence-corrected chi connectivity index (χ0v) is 13.8. The van der Waals surface area contributed by atoms with E-state index in [9.17, 15) is 0 Å². The second-order valence-corrected chi connectivity index (χ2v) is 5.77. The Kier molecular flexibility index (Phi) is 5.21.